The summed E-state index contributed by atoms with van der Waals surface area (Å²) in [6.45, 7) is 4.59. The first-order valence-corrected chi connectivity index (χ1v) is 11.5. The molecular formula is C23H25NO5S. The molecule has 0 aromatic heterocycles. The molecule has 2 aromatic carbocycles. The lowest BCUT2D eigenvalue weighted by molar-refractivity contribution is -0.114. The number of carbonyl (C=O) groups is 1. The first-order chi connectivity index (χ1) is 14.3. The van der Waals surface area contributed by atoms with Crippen molar-refractivity contribution in [3.05, 3.63) is 66.3 Å². The predicted octanol–water partition coefficient (Wildman–Crippen LogP) is 3.66. The van der Waals surface area contributed by atoms with E-state index in [4.69, 9.17) is 9.47 Å². The summed E-state index contributed by atoms with van der Waals surface area (Å²) < 4.78 is 34.5. The van der Waals surface area contributed by atoms with Crippen molar-refractivity contribution in [2.75, 3.05) is 31.4 Å². The van der Waals surface area contributed by atoms with Crippen LogP contribution in [0.5, 0.6) is 11.5 Å². The molecule has 0 N–H and O–H groups in total. The fourth-order valence-corrected chi connectivity index (χ4v) is 4.02. The van der Waals surface area contributed by atoms with Crippen LogP contribution in [-0.4, -0.2) is 40.8 Å². The number of amides is 1. The van der Waals surface area contributed by atoms with Gasteiger partial charge in [0.2, 0.25) is 0 Å². The smallest absolute Gasteiger partial charge is 0.250 e. The van der Waals surface area contributed by atoms with Crippen LogP contribution in [-0.2, 0) is 21.1 Å². The van der Waals surface area contributed by atoms with Gasteiger partial charge in [-0.25, -0.2) is 8.42 Å². The van der Waals surface area contributed by atoms with Gasteiger partial charge in [-0.2, -0.15) is 0 Å². The number of ether oxygens (including phenoxy) is 2. The third kappa shape index (κ3) is 4.91. The average Bonchev–Trinajstić information content (AvgIpc) is 2.74. The van der Waals surface area contributed by atoms with Gasteiger partial charge in [-0.05, 0) is 60.4 Å². The van der Waals surface area contributed by atoms with Crippen molar-refractivity contribution in [1.29, 1.82) is 0 Å². The molecule has 1 heterocycles. The van der Waals surface area contributed by atoms with E-state index in [0.29, 0.717) is 24.7 Å². The number of benzene rings is 2. The molecule has 0 saturated carbocycles. The summed E-state index contributed by atoms with van der Waals surface area (Å²) in [4.78, 5) is 14.8. The number of sulfone groups is 1. The van der Waals surface area contributed by atoms with E-state index in [2.05, 4.69) is 6.58 Å². The molecule has 0 atom stereocenters. The Morgan fingerprint density at radius 2 is 2.00 bits per heavy atom. The minimum absolute atomic E-state index is 0.158. The van der Waals surface area contributed by atoms with Crippen LogP contribution in [0, 0.1) is 0 Å². The summed E-state index contributed by atoms with van der Waals surface area (Å²) in [5.74, 6) is 1.02. The topological polar surface area (TPSA) is 72.9 Å². The normalized spacial score (nSPS) is 13.7. The zero-order valence-electron chi connectivity index (χ0n) is 17.1. The second-order valence-electron chi connectivity index (χ2n) is 7.00. The molecule has 3 rings (SSSR count). The van der Waals surface area contributed by atoms with E-state index in [9.17, 15) is 13.2 Å². The molecule has 0 spiro atoms. The van der Waals surface area contributed by atoms with Crippen molar-refractivity contribution in [1.82, 2.24) is 0 Å². The second kappa shape index (κ2) is 9.17. The number of nitrogens with zero attached hydrogens (tertiary/aromatic N) is 1. The van der Waals surface area contributed by atoms with Gasteiger partial charge in [-0.3, -0.25) is 4.79 Å². The lowest BCUT2D eigenvalue weighted by atomic mass is 10.0. The zero-order chi connectivity index (χ0) is 21.7. The average molecular weight is 428 g/mol. The van der Waals surface area contributed by atoms with E-state index in [-0.39, 0.29) is 10.8 Å². The summed E-state index contributed by atoms with van der Waals surface area (Å²) in [5, 5.41) is 0. The van der Waals surface area contributed by atoms with Gasteiger partial charge >= 0.3 is 0 Å². The minimum Gasteiger partial charge on any atom is -0.493 e. The maximum absolute atomic E-state index is 12.8. The van der Waals surface area contributed by atoms with Crippen LogP contribution in [0.1, 0.15) is 17.5 Å². The number of fused-ring (bicyclic) bond motifs is 1. The Labute approximate surface area is 177 Å². The Bertz CT molecular complexity index is 1090. The molecule has 30 heavy (non-hydrogen) atoms. The number of hydrogen-bond donors (Lipinski definition) is 0. The Balaban J connectivity index is 1.80. The highest BCUT2D eigenvalue weighted by Crippen LogP contribution is 2.31. The molecule has 0 unspecified atom stereocenters. The highest BCUT2D eigenvalue weighted by Gasteiger charge is 2.22. The maximum atomic E-state index is 12.8. The molecule has 2 aromatic rings. The molecular weight excluding hydrogens is 402 g/mol. The van der Waals surface area contributed by atoms with Crippen LogP contribution in [0.3, 0.4) is 0 Å². The molecule has 158 valence electrons. The monoisotopic (exact) mass is 427 g/mol. The molecule has 0 aliphatic carbocycles. The number of rotatable bonds is 7. The second-order valence-corrected chi connectivity index (χ2v) is 9.02. The van der Waals surface area contributed by atoms with Crippen LogP contribution >= 0.6 is 0 Å². The zero-order valence-corrected chi connectivity index (χ0v) is 17.9. The Morgan fingerprint density at radius 1 is 1.20 bits per heavy atom. The van der Waals surface area contributed by atoms with E-state index in [1.54, 1.807) is 54.5 Å². The van der Waals surface area contributed by atoms with Crippen LogP contribution in [0.15, 0.2) is 60.0 Å². The summed E-state index contributed by atoms with van der Waals surface area (Å²) in [5.41, 5.74) is 2.43. The standard InChI is InChI=1S/C23H25NO5S/c1-4-14-29-21-11-7-17(15-22(21)28-2)8-12-23(25)24-13-5-6-18-16-19(30(3,26)27)9-10-20(18)24/h4,7-12,15-16H,1,5-6,13-14H2,2-3H3. The van der Waals surface area contributed by atoms with Gasteiger partial charge in [-0.15, -0.1) is 0 Å². The van der Waals surface area contributed by atoms with Gasteiger partial charge in [-0.1, -0.05) is 18.7 Å². The number of methoxy groups -OCH3 is 1. The van der Waals surface area contributed by atoms with Gasteiger partial charge < -0.3 is 14.4 Å². The lowest BCUT2D eigenvalue weighted by Gasteiger charge is -2.29. The highest BCUT2D eigenvalue weighted by atomic mass is 32.2. The van der Waals surface area contributed by atoms with Crippen LogP contribution in [0.4, 0.5) is 5.69 Å². The maximum Gasteiger partial charge on any atom is 0.250 e. The predicted molar refractivity (Wildman–Crippen MR) is 118 cm³/mol. The van der Waals surface area contributed by atoms with E-state index < -0.39 is 9.84 Å². The van der Waals surface area contributed by atoms with Gasteiger partial charge in [0.1, 0.15) is 6.61 Å². The van der Waals surface area contributed by atoms with Crippen LogP contribution in [0.2, 0.25) is 0 Å². The van der Waals surface area contributed by atoms with E-state index >= 15 is 0 Å². The number of aryl methyl sites for hydroxylation is 1. The number of anilines is 1. The van der Waals surface area contributed by atoms with Crippen molar-refractivity contribution in [2.45, 2.75) is 17.7 Å². The molecule has 1 aliphatic heterocycles. The first-order valence-electron chi connectivity index (χ1n) is 9.58. The summed E-state index contributed by atoms with van der Waals surface area (Å²) in [6, 6.07) is 10.4. The summed E-state index contributed by atoms with van der Waals surface area (Å²) >= 11 is 0. The van der Waals surface area contributed by atoms with E-state index in [0.717, 1.165) is 29.7 Å². The molecule has 0 fully saturated rings. The Morgan fingerprint density at radius 3 is 2.70 bits per heavy atom. The largest absolute Gasteiger partial charge is 0.493 e. The van der Waals surface area contributed by atoms with Crippen molar-refractivity contribution in [2.24, 2.45) is 0 Å². The third-order valence-corrected chi connectivity index (χ3v) is 5.94. The Hall–Kier alpha value is -3.06. The van der Waals surface area contributed by atoms with E-state index in [1.807, 2.05) is 6.07 Å². The molecule has 7 heteroatoms. The highest BCUT2D eigenvalue weighted by molar-refractivity contribution is 7.90. The van der Waals surface area contributed by atoms with Crippen molar-refractivity contribution in [3.8, 4) is 11.5 Å². The van der Waals surface area contributed by atoms with Crippen molar-refractivity contribution in [3.63, 3.8) is 0 Å². The number of carbonyl (C=O) groups excluding carboxylic acids is 1. The Kier molecular flexibility index (Phi) is 6.62. The lowest BCUT2D eigenvalue weighted by Crippen LogP contribution is -2.34. The van der Waals surface area contributed by atoms with Crippen molar-refractivity contribution < 1.29 is 22.7 Å². The van der Waals surface area contributed by atoms with Gasteiger partial charge in [0.15, 0.2) is 21.3 Å². The summed E-state index contributed by atoms with van der Waals surface area (Å²) in [6.07, 6.45) is 7.60. The fraction of sp³-hybridized carbons (Fsp3) is 0.261. The van der Waals surface area contributed by atoms with Gasteiger partial charge in [0.25, 0.3) is 5.91 Å². The van der Waals surface area contributed by atoms with E-state index in [1.165, 1.54) is 12.3 Å². The molecule has 0 bridgehead atoms. The minimum atomic E-state index is -3.28. The fourth-order valence-electron chi connectivity index (χ4n) is 3.35. The SMILES string of the molecule is C=CCOc1ccc(C=CC(=O)N2CCCc3cc(S(C)(=O)=O)ccc32)cc1OC. The quantitative estimate of drug-likeness (QED) is 0.498. The van der Waals surface area contributed by atoms with Gasteiger partial charge in [0, 0.05) is 24.6 Å². The molecule has 6 nitrogen and oxygen atoms in total. The first kappa shape index (κ1) is 21.6. The summed E-state index contributed by atoms with van der Waals surface area (Å²) in [7, 11) is -1.72. The van der Waals surface area contributed by atoms with Crippen molar-refractivity contribution >= 4 is 27.5 Å². The van der Waals surface area contributed by atoms with Crippen LogP contribution < -0.4 is 14.4 Å². The number of hydrogen-bond acceptors (Lipinski definition) is 5. The third-order valence-electron chi connectivity index (χ3n) is 4.83. The molecule has 1 amide bonds. The molecule has 0 saturated heterocycles. The molecule has 0 radical (unpaired) electrons. The molecule has 1 aliphatic rings. The van der Waals surface area contributed by atoms with Crippen LogP contribution in [0.25, 0.3) is 6.08 Å². The van der Waals surface area contributed by atoms with Gasteiger partial charge in [0.05, 0.1) is 12.0 Å².